The van der Waals surface area contributed by atoms with E-state index in [0.717, 1.165) is 5.56 Å². The van der Waals surface area contributed by atoms with Gasteiger partial charge in [-0.1, -0.05) is 0 Å². The molecule has 0 spiro atoms. The first kappa shape index (κ1) is 16.3. The lowest BCUT2D eigenvalue weighted by atomic mass is 10.2. The third kappa shape index (κ3) is 4.21. The fourth-order valence-corrected chi connectivity index (χ4v) is 4.24. The van der Waals surface area contributed by atoms with E-state index in [4.69, 9.17) is 4.74 Å². The zero-order chi connectivity index (χ0) is 15.2. The minimum atomic E-state index is -0.0496. The molecule has 5 nitrogen and oxygen atoms in total. The first-order valence-corrected chi connectivity index (χ1v) is 8.75. The molecule has 1 aromatic heterocycles. The van der Waals surface area contributed by atoms with E-state index in [1.54, 1.807) is 30.2 Å². The van der Waals surface area contributed by atoms with Crippen LogP contribution in [0.5, 0.6) is 0 Å². The van der Waals surface area contributed by atoms with Crippen molar-refractivity contribution < 1.29 is 14.3 Å². The summed E-state index contributed by atoms with van der Waals surface area (Å²) >= 11 is 3.27. The van der Waals surface area contributed by atoms with Gasteiger partial charge in [0.2, 0.25) is 11.8 Å². The third-order valence-electron chi connectivity index (χ3n) is 3.28. The third-order valence-corrected chi connectivity index (χ3v) is 5.38. The molecule has 0 aromatic carbocycles. The number of nitrogens with one attached hydrogen (secondary N) is 1. The van der Waals surface area contributed by atoms with Crippen LogP contribution < -0.4 is 5.32 Å². The second-order valence-electron chi connectivity index (χ2n) is 4.81. The van der Waals surface area contributed by atoms with Gasteiger partial charge in [0.25, 0.3) is 0 Å². The number of carbonyl (C=O) groups is 2. The Balaban J connectivity index is 1.90. The maximum atomic E-state index is 12.2. The number of thioether (sulfide) groups is 1. The van der Waals surface area contributed by atoms with Crippen molar-refractivity contribution in [1.82, 2.24) is 10.2 Å². The fraction of sp³-hybridized carbons (Fsp3) is 0.571. The highest BCUT2D eigenvalue weighted by Crippen LogP contribution is 2.43. The number of carbonyl (C=O) groups excluding carboxylic acids is 2. The van der Waals surface area contributed by atoms with Crippen LogP contribution in [0.15, 0.2) is 16.8 Å². The number of amides is 2. The number of nitrogens with zero attached hydrogens (tertiary/aromatic N) is 1. The molecule has 116 valence electrons. The molecule has 0 radical (unpaired) electrons. The summed E-state index contributed by atoms with van der Waals surface area (Å²) in [6.07, 6.45) is 0.323. The molecule has 7 heteroatoms. The normalized spacial score (nSPS) is 21.8. The smallest absolute Gasteiger partial charge is 0.236 e. The van der Waals surface area contributed by atoms with Gasteiger partial charge >= 0.3 is 0 Å². The number of hydrogen-bond donors (Lipinski definition) is 1. The van der Waals surface area contributed by atoms with Crippen LogP contribution in [0.25, 0.3) is 0 Å². The topological polar surface area (TPSA) is 58.6 Å². The van der Waals surface area contributed by atoms with E-state index in [9.17, 15) is 9.59 Å². The molecule has 1 saturated heterocycles. The van der Waals surface area contributed by atoms with Gasteiger partial charge in [-0.05, 0) is 29.3 Å². The lowest BCUT2D eigenvalue weighted by Gasteiger charge is -2.23. The van der Waals surface area contributed by atoms with Crippen molar-refractivity contribution in [2.24, 2.45) is 0 Å². The van der Waals surface area contributed by atoms with Gasteiger partial charge in [0.15, 0.2) is 0 Å². The lowest BCUT2D eigenvalue weighted by molar-refractivity contribution is -0.130. The highest BCUT2D eigenvalue weighted by Gasteiger charge is 2.38. The summed E-state index contributed by atoms with van der Waals surface area (Å²) in [6, 6.07) is 2.04. The number of hydrogen-bond acceptors (Lipinski definition) is 5. The number of methoxy groups -OCH3 is 1. The summed E-state index contributed by atoms with van der Waals surface area (Å²) in [5.74, 6) is 0.0642. The largest absolute Gasteiger partial charge is 0.383 e. The van der Waals surface area contributed by atoms with Gasteiger partial charge in [-0.2, -0.15) is 11.3 Å². The minimum Gasteiger partial charge on any atom is -0.383 e. The molecule has 1 aliphatic heterocycles. The van der Waals surface area contributed by atoms with Crippen molar-refractivity contribution in [2.45, 2.75) is 24.0 Å². The molecule has 21 heavy (non-hydrogen) atoms. The maximum absolute atomic E-state index is 12.2. The number of rotatable bonds is 7. The van der Waals surface area contributed by atoms with E-state index in [1.165, 1.54) is 0 Å². The molecule has 0 aliphatic carbocycles. The van der Waals surface area contributed by atoms with Gasteiger partial charge in [-0.3, -0.25) is 9.59 Å². The van der Waals surface area contributed by atoms with Gasteiger partial charge in [0, 0.05) is 26.6 Å². The van der Waals surface area contributed by atoms with E-state index in [-0.39, 0.29) is 22.4 Å². The first-order valence-electron chi connectivity index (χ1n) is 6.87. The predicted octanol–water partition coefficient (Wildman–Crippen LogP) is 1.86. The van der Waals surface area contributed by atoms with Crippen molar-refractivity contribution in [2.75, 3.05) is 26.8 Å². The van der Waals surface area contributed by atoms with E-state index in [0.29, 0.717) is 26.1 Å². The van der Waals surface area contributed by atoms with Crippen molar-refractivity contribution in [1.29, 1.82) is 0 Å². The summed E-state index contributed by atoms with van der Waals surface area (Å²) in [6.45, 7) is 3.38. The fourth-order valence-electron chi connectivity index (χ4n) is 2.18. The summed E-state index contributed by atoms with van der Waals surface area (Å²) in [5, 5.41) is 6.84. The Morgan fingerprint density at radius 2 is 2.33 bits per heavy atom. The SMILES string of the molecule is COCCNC(=O)CCN1C(=O)C(C)SC1c1ccsc1. The summed E-state index contributed by atoms with van der Waals surface area (Å²) in [5.41, 5.74) is 1.14. The Morgan fingerprint density at radius 1 is 1.52 bits per heavy atom. The van der Waals surface area contributed by atoms with E-state index >= 15 is 0 Å². The average molecular weight is 328 g/mol. The Hall–Kier alpha value is -1.05. The van der Waals surface area contributed by atoms with Crippen LogP contribution in [0, 0.1) is 0 Å². The zero-order valence-corrected chi connectivity index (χ0v) is 13.8. The minimum absolute atomic E-state index is 0.0329. The van der Waals surface area contributed by atoms with Crippen molar-refractivity contribution >= 4 is 34.9 Å². The number of thiophene rings is 1. The van der Waals surface area contributed by atoms with Crippen LogP contribution in [-0.4, -0.2) is 48.8 Å². The summed E-state index contributed by atoms with van der Waals surface area (Å²) in [7, 11) is 1.60. The molecule has 1 aliphatic rings. The molecule has 1 aromatic rings. The standard InChI is InChI=1S/C14H20N2O3S2/c1-10-13(18)16(6-3-12(17)15-5-7-19-2)14(21-10)11-4-8-20-9-11/h4,8-10,14H,3,5-7H2,1-2H3,(H,15,17). The molecule has 1 fully saturated rings. The molecule has 2 unspecified atom stereocenters. The quantitative estimate of drug-likeness (QED) is 0.776. The van der Waals surface area contributed by atoms with E-state index in [1.807, 2.05) is 23.3 Å². The van der Waals surface area contributed by atoms with Crippen LogP contribution in [0.1, 0.15) is 24.3 Å². The van der Waals surface area contributed by atoms with Gasteiger partial charge in [-0.15, -0.1) is 11.8 Å². The van der Waals surface area contributed by atoms with Crippen molar-refractivity contribution in [3.8, 4) is 0 Å². The van der Waals surface area contributed by atoms with Crippen LogP contribution in [-0.2, 0) is 14.3 Å². The van der Waals surface area contributed by atoms with E-state index in [2.05, 4.69) is 10.7 Å². The highest BCUT2D eigenvalue weighted by molar-refractivity contribution is 8.01. The van der Waals surface area contributed by atoms with Gasteiger partial charge in [-0.25, -0.2) is 0 Å². The molecule has 2 heterocycles. The first-order chi connectivity index (χ1) is 10.1. The van der Waals surface area contributed by atoms with Crippen LogP contribution in [0.4, 0.5) is 0 Å². The second kappa shape index (κ2) is 7.82. The lowest BCUT2D eigenvalue weighted by Crippen LogP contribution is -2.35. The van der Waals surface area contributed by atoms with Crippen LogP contribution >= 0.6 is 23.1 Å². The molecule has 2 rings (SSSR count). The molecule has 2 amide bonds. The Bertz CT molecular complexity index is 479. The van der Waals surface area contributed by atoms with Gasteiger partial charge < -0.3 is 15.0 Å². The molecule has 0 bridgehead atoms. The predicted molar refractivity (Wildman–Crippen MR) is 85.3 cm³/mol. The van der Waals surface area contributed by atoms with Gasteiger partial charge in [0.05, 0.1) is 11.9 Å². The Morgan fingerprint density at radius 3 is 3.00 bits per heavy atom. The van der Waals surface area contributed by atoms with Gasteiger partial charge in [0.1, 0.15) is 5.37 Å². The molecule has 1 N–H and O–H groups in total. The molecule has 2 atom stereocenters. The molecular weight excluding hydrogens is 308 g/mol. The zero-order valence-electron chi connectivity index (χ0n) is 12.2. The van der Waals surface area contributed by atoms with Crippen molar-refractivity contribution in [3.63, 3.8) is 0 Å². The summed E-state index contributed by atoms with van der Waals surface area (Å²) in [4.78, 5) is 25.8. The number of ether oxygens (including phenoxy) is 1. The second-order valence-corrected chi connectivity index (χ2v) is 7.02. The van der Waals surface area contributed by atoms with Crippen LogP contribution in [0.3, 0.4) is 0 Å². The monoisotopic (exact) mass is 328 g/mol. The maximum Gasteiger partial charge on any atom is 0.236 e. The average Bonchev–Trinajstić information content (AvgIpc) is 3.07. The van der Waals surface area contributed by atoms with E-state index < -0.39 is 0 Å². The summed E-state index contributed by atoms with van der Waals surface area (Å²) < 4.78 is 4.89. The van der Waals surface area contributed by atoms with Crippen LogP contribution in [0.2, 0.25) is 0 Å². The van der Waals surface area contributed by atoms with Crippen molar-refractivity contribution in [3.05, 3.63) is 22.4 Å². The molecular formula is C14H20N2O3S2. The highest BCUT2D eigenvalue weighted by atomic mass is 32.2. The Labute approximate surface area is 133 Å². The molecule has 0 saturated carbocycles. The Kier molecular flexibility index (Phi) is 6.08.